The molecule has 0 unspecified atom stereocenters. The summed E-state index contributed by atoms with van der Waals surface area (Å²) in [5, 5.41) is 6.71. The van der Waals surface area contributed by atoms with E-state index in [2.05, 4.69) is 53.0 Å². The number of aliphatic imine (C=N–C) groups is 1. The number of hydrogen-bond acceptors (Lipinski definition) is 4. The molecule has 7 heteroatoms. The van der Waals surface area contributed by atoms with Gasteiger partial charge in [-0.25, -0.2) is 0 Å². The molecule has 0 radical (unpaired) electrons. The quantitative estimate of drug-likeness (QED) is 0.151. The van der Waals surface area contributed by atoms with E-state index in [0.29, 0.717) is 18.5 Å². The van der Waals surface area contributed by atoms with E-state index in [1.54, 1.807) is 7.05 Å². The largest absolute Gasteiger partial charge is 0.469 e. The van der Waals surface area contributed by atoms with E-state index >= 15 is 0 Å². The highest BCUT2D eigenvalue weighted by Gasteiger charge is 2.12. The molecule has 150 valence electrons. The minimum atomic E-state index is -0.116. The molecule has 0 saturated heterocycles. The summed E-state index contributed by atoms with van der Waals surface area (Å²) in [6, 6.07) is 1.10. The maximum Gasteiger partial charge on any atom is 0.305 e. The monoisotopic (exact) mass is 470 g/mol. The van der Waals surface area contributed by atoms with E-state index in [1.807, 2.05) is 0 Å². The lowest BCUT2D eigenvalue weighted by molar-refractivity contribution is -0.140. The summed E-state index contributed by atoms with van der Waals surface area (Å²) in [4.78, 5) is 17.7. The highest BCUT2D eigenvalue weighted by atomic mass is 127. The lowest BCUT2D eigenvalue weighted by Crippen LogP contribution is -2.45. The fourth-order valence-electron chi connectivity index (χ4n) is 2.69. The average molecular weight is 470 g/mol. The Hall–Kier alpha value is -0.570. The lowest BCUT2D eigenvalue weighted by atomic mass is 10.1. The van der Waals surface area contributed by atoms with Crippen LogP contribution in [-0.4, -0.2) is 62.7 Å². The van der Waals surface area contributed by atoms with Gasteiger partial charge in [0.2, 0.25) is 0 Å². The molecule has 0 aromatic rings. The molecule has 0 rings (SSSR count). The topological polar surface area (TPSA) is 66.0 Å². The van der Waals surface area contributed by atoms with Crippen molar-refractivity contribution in [3.63, 3.8) is 0 Å². The maximum absolute atomic E-state index is 11.0. The molecule has 0 atom stereocenters. The summed E-state index contributed by atoms with van der Waals surface area (Å²) in [7, 11) is 3.24. The van der Waals surface area contributed by atoms with E-state index in [9.17, 15) is 4.79 Å². The normalized spacial score (nSPS) is 11.6. The van der Waals surface area contributed by atoms with Gasteiger partial charge in [-0.15, -0.1) is 24.0 Å². The van der Waals surface area contributed by atoms with E-state index in [-0.39, 0.29) is 29.9 Å². The number of carbonyl (C=O) groups excluding carboxylic acids is 1. The van der Waals surface area contributed by atoms with E-state index in [1.165, 1.54) is 7.11 Å². The van der Waals surface area contributed by atoms with Crippen LogP contribution in [0.15, 0.2) is 4.99 Å². The van der Waals surface area contributed by atoms with Crippen LogP contribution in [0.25, 0.3) is 0 Å². The Balaban J connectivity index is 0. The van der Waals surface area contributed by atoms with Crippen molar-refractivity contribution in [2.24, 2.45) is 4.99 Å². The van der Waals surface area contributed by atoms with Gasteiger partial charge in [-0.05, 0) is 40.5 Å². The first-order chi connectivity index (χ1) is 11.4. The van der Waals surface area contributed by atoms with Crippen molar-refractivity contribution in [2.75, 3.05) is 33.8 Å². The van der Waals surface area contributed by atoms with E-state index < -0.39 is 0 Å². The molecule has 25 heavy (non-hydrogen) atoms. The third-order valence-corrected chi connectivity index (χ3v) is 4.04. The van der Waals surface area contributed by atoms with Gasteiger partial charge in [0.05, 0.1) is 7.11 Å². The average Bonchev–Trinajstić information content (AvgIpc) is 2.54. The first-order valence-electron chi connectivity index (χ1n) is 9.19. The molecule has 0 aliphatic heterocycles. The van der Waals surface area contributed by atoms with Crippen LogP contribution in [0.1, 0.15) is 59.8 Å². The van der Waals surface area contributed by atoms with Crippen LogP contribution in [0.5, 0.6) is 0 Å². The fraction of sp³-hybridized carbons (Fsp3) is 0.889. The van der Waals surface area contributed by atoms with Crippen molar-refractivity contribution in [1.82, 2.24) is 15.5 Å². The Bertz CT molecular complexity index is 355. The fourth-order valence-corrected chi connectivity index (χ4v) is 2.69. The number of nitrogens with zero attached hydrogens (tertiary/aromatic N) is 2. The minimum Gasteiger partial charge on any atom is -0.469 e. The second-order valence-corrected chi connectivity index (χ2v) is 6.59. The van der Waals surface area contributed by atoms with Crippen molar-refractivity contribution >= 4 is 35.9 Å². The number of hydrogen-bond donors (Lipinski definition) is 2. The highest BCUT2D eigenvalue weighted by Crippen LogP contribution is 2.04. The smallest absolute Gasteiger partial charge is 0.305 e. The number of guanidine groups is 1. The molecule has 0 aliphatic rings. The Kier molecular flexibility index (Phi) is 18.0. The van der Waals surface area contributed by atoms with E-state index in [0.717, 1.165) is 51.3 Å². The van der Waals surface area contributed by atoms with Gasteiger partial charge in [0.1, 0.15) is 0 Å². The SMILES string of the molecule is CN=C(NCCCCCCC(=O)OC)NCCN(C(C)C)C(C)C.I. The second kappa shape index (κ2) is 16.9. The number of unbranched alkanes of at least 4 members (excludes halogenated alkanes) is 3. The Morgan fingerprint density at radius 3 is 2.08 bits per heavy atom. The number of rotatable bonds is 12. The van der Waals surface area contributed by atoms with Gasteiger partial charge in [-0.1, -0.05) is 12.8 Å². The predicted molar refractivity (Wildman–Crippen MR) is 117 cm³/mol. The van der Waals surface area contributed by atoms with Crippen molar-refractivity contribution in [3.8, 4) is 0 Å². The third kappa shape index (κ3) is 14.3. The van der Waals surface area contributed by atoms with Gasteiger partial charge >= 0.3 is 5.97 Å². The van der Waals surface area contributed by atoms with Crippen molar-refractivity contribution in [3.05, 3.63) is 0 Å². The number of carbonyl (C=O) groups is 1. The number of nitrogens with one attached hydrogen (secondary N) is 2. The molecule has 0 fully saturated rings. The first kappa shape index (κ1) is 26.7. The van der Waals surface area contributed by atoms with Crippen molar-refractivity contribution in [2.45, 2.75) is 71.9 Å². The molecule has 0 aliphatic carbocycles. The van der Waals surface area contributed by atoms with Gasteiger partial charge in [-0.3, -0.25) is 14.7 Å². The van der Waals surface area contributed by atoms with Crippen LogP contribution >= 0.6 is 24.0 Å². The van der Waals surface area contributed by atoms with Crippen LogP contribution in [0.2, 0.25) is 0 Å². The summed E-state index contributed by atoms with van der Waals surface area (Å²) in [6.07, 6.45) is 4.66. The molecule has 0 aromatic heterocycles. The number of halogens is 1. The van der Waals surface area contributed by atoms with Gasteiger partial charge < -0.3 is 15.4 Å². The zero-order valence-corrected chi connectivity index (χ0v) is 19.3. The van der Waals surface area contributed by atoms with Gasteiger partial charge in [0, 0.05) is 45.2 Å². The molecule has 0 bridgehead atoms. The zero-order chi connectivity index (χ0) is 18.4. The number of methoxy groups -OCH3 is 1. The van der Waals surface area contributed by atoms with Gasteiger partial charge in [0.15, 0.2) is 5.96 Å². The van der Waals surface area contributed by atoms with Crippen LogP contribution in [-0.2, 0) is 9.53 Å². The summed E-state index contributed by atoms with van der Waals surface area (Å²) >= 11 is 0. The summed E-state index contributed by atoms with van der Waals surface area (Å²) < 4.78 is 4.63. The zero-order valence-electron chi connectivity index (χ0n) is 16.9. The van der Waals surface area contributed by atoms with Gasteiger partial charge in [0.25, 0.3) is 0 Å². The molecule has 0 amide bonds. The molecule has 6 nitrogen and oxygen atoms in total. The van der Waals surface area contributed by atoms with Crippen LogP contribution in [0.4, 0.5) is 0 Å². The van der Waals surface area contributed by atoms with E-state index in [4.69, 9.17) is 0 Å². The number of ether oxygens (including phenoxy) is 1. The second-order valence-electron chi connectivity index (χ2n) is 6.59. The Morgan fingerprint density at radius 1 is 1.00 bits per heavy atom. The van der Waals surface area contributed by atoms with Crippen LogP contribution in [0, 0.1) is 0 Å². The standard InChI is InChI=1S/C18H38N4O2.HI/c1-15(2)22(16(3)4)14-13-21-18(19-5)20-12-10-8-7-9-11-17(23)24-6;/h15-16H,7-14H2,1-6H3,(H2,19,20,21);1H. The lowest BCUT2D eigenvalue weighted by Gasteiger charge is -2.30. The van der Waals surface area contributed by atoms with Crippen molar-refractivity contribution in [1.29, 1.82) is 0 Å². The Morgan fingerprint density at radius 2 is 1.56 bits per heavy atom. The minimum absolute atomic E-state index is 0. The molecule has 2 N–H and O–H groups in total. The van der Waals surface area contributed by atoms with Crippen LogP contribution < -0.4 is 10.6 Å². The maximum atomic E-state index is 11.0. The first-order valence-corrected chi connectivity index (χ1v) is 9.19. The summed E-state index contributed by atoms with van der Waals surface area (Å²) in [5.74, 6) is 0.742. The molecule has 0 saturated carbocycles. The summed E-state index contributed by atoms with van der Waals surface area (Å²) in [6.45, 7) is 11.7. The number of esters is 1. The van der Waals surface area contributed by atoms with Crippen molar-refractivity contribution < 1.29 is 9.53 Å². The van der Waals surface area contributed by atoms with Gasteiger partial charge in [-0.2, -0.15) is 0 Å². The molecule has 0 spiro atoms. The predicted octanol–water partition coefficient (Wildman–Crippen LogP) is 3.01. The van der Waals surface area contributed by atoms with Crippen LogP contribution in [0.3, 0.4) is 0 Å². The molecular weight excluding hydrogens is 431 g/mol. The molecular formula is C18H39IN4O2. The molecule has 0 aromatic carbocycles. The third-order valence-electron chi connectivity index (χ3n) is 4.04. The molecule has 0 heterocycles. The highest BCUT2D eigenvalue weighted by molar-refractivity contribution is 14.0. The summed E-state index contributed by atoms with van der Waals surface area (Å²) in [5.41, 5.74) is 0. The Labute approximate surface area is 171 Å².